The van der Waals surface area contributed by atoms with E-state index in [1.807, 2.05) is 39.0 Å². The largest absolute Gasteiger partial charge is 0.493 e. The minimum atomic E-state index is -0.201. The molecule has 0 aliphatic rings. The number of methoxy groups -OCH3 is 1. The van der Waals surface area contributed by atoms with Gasteiger partial charge in [0.05, 0.1) is 13.7 Å². The molecule has 0 aliphatic heterocycles. The Morgan fingerprint density at radius 3 is 2.57 bits per heavy atom. The summed E-state index contributed by atoms with van der Waals surface area (Å²) in [6.45, 7) is 10.9. The van der Waals surface area contributed by atoms with E-state index in [4.69, 9.17) is 9.47 Å². The second-order valence-corrected chi connectivity index (χ2v) is 6.68. The smallest absolute Gasteiger partial charge is 0.244 e. The van der Waals surface area contributed by atoms with Gasteiger partial charge in [0.25, 0.3) is 0 Å². The van der Waals surface area contributed by atoms with Crippen molar-refractivity contribution in [2.24, 2.45) is 5.92 Å². The Morgan fingerprint density at radius 1 is 1.30 bits per heavy atom. The predicted molar refractivity (Wildman–Crippen MR) is 94.9 cm³/mol. The molecule has 0 aromatic heterocycles. The van der Waals surface area contributed by atoms with Crippen LogP contribution in [0.15, 0.2) is 24.3 Å². The lowest BCUT2D eigenvalue weighted by molar-refractivity contribution is -0.117. The highest BCUT2D eigenvalue weighted by molar-refractivity contribution is 5.92. The van der Waals surface area contributed by atoms with Crippen LogP contribution in [0.2, 0.25) is 0 Å². The average Bonchev–Trinajstić information content (AvgIpc) is 2.50. The number of hydrogen-bond acceptors (Lipinski definition) is 3. The second kappa shape index (κ2) is 8.61. The highest BCUT2D eigenvalue weighted by atomic mass is 16.5. The van der Waals surface area contributed by atoms with E-state index in [9.17, 15) is 4.79 Å². The zero-order valence-corrected chi connectivity index (χ0v) is 15.1. The number of rotatable bonds is 8. The van der Waals surface area contributed by atoms with Gasteiger partial charge in [-0.1, -0.05) is 26.8 Å². The van der Waals surface area contributed by atoms with Crippen LogP contribution in [0, 0.1) is 5.92 Å². The Hall–Kier alpha value is -1.97. The maximum absolute atomic E-state index is 11.9. The molecule has 0 fully saturated rings. The van der Waals surface area contributed by atoms with Crippen molar-refractivity contribution >= 4 is 12.0 Å². The molecule has 1 rings (SSSR count). The molecule has 128 valence electrons. The summed E-state index contributed by atoms with van der Waals surface area (Å²) in [5.41, 5.74) is 0.691. The molecule has 0 spiro atoms. The highest BCUT2D eigenvalue weighted by Gasteiger charge is 2.15. The molecule has 0 heterocycles. The predicted octanol–water partition coefficient (Wildman–Crippen LogP) is 4.05. The summed E-state index contributed by atoms with van der Waals surface area (Å²) in [4.78, 5) is 11.9. The third kappa shape index (κ3) is 6.76. The molecule has 0 saturated heterocycles. The van der Waals surface area contributed by atoms with Crippen LogP contribution in [-0.2, 0) is 4.79 Å². The summed E-state index contributed by atoms with van der Waals surface area (Å²) >= 11 is 0. The lowest BCUT2D eigenvalue weighted by atomic mass is 10.0. The number of carbonyl (C=O) groups is 1. The minimum absolute atomic E-state index is 0.101. The molecule has 1 amide bonds. The van der Waals surface area contributed by atoms with Crippen LogP contribution in [-0.4, -0.2) is 25.2 Å². The molecule has 0 aliphatic carbocycles. The fourth-order valence-electron chi connectivity index (χ4n) is 1.80. The molecular weight excluding hydrogens is 290 g/mol. The molecule has 4 nitrogen and oxygen atoms in total. The summed E-state index contributed by atoms with van der Waals surface area (Å²) < 4.78 is 11.1. The molecular formula is C19H29NO3. The summed E-state index contributed by atoms with van der Waals surface area (Å²) in [6, 6.07) is 5.64. The van der Waals surface area contributed by atoms with Crippen molar-refractivity contribution < 1.29 is 14.3 Å². The molecule has 0 saturated carbocycles. The van der Waals surface area contributed by atoms with Crippen molar-refractivity contribution in [3.8, 4) is 11.5 Å². The third-order valence-corrected chi connectivity index (χ3v) is 3.53. The van der Waals surface area contributed by atoms with Gasteiger partial charge < -0.3 is 14.8 Å². The Bertz CT molecular complexity index is 548. The van der Waals surface area contributed by atoms with Gasteiger partial charge in [-0.25, -0.2) is 0 Å². The SMILES string of the molecule is CCC(C)(C)NC(=O)/C=C/c1ccc(OCC(C)C)c(OC)c1. The van der Waals surface area contributed by atoms with Crippen LogP contribution < -0.4 is 14.8 Å². The van der Waals surface area contributed by atoms with E-state index in [0.717, 1.165) is 17.7 Å². The van der Waals surface area contributed by atoms with Crippen LogP contribution in [0.4, 0.5) is 0 Å². The van der Waals surface area contributed by atoms with Crippen LogP contribution in [0.3, 0.4) is 0 Å². The van der Waals surface area contributed by atoms with Gasteiger partial charge in [-0.2, -0.15) is 0 Å². The number of hydrogen-bond donors (Lipinski definition) is 1. The van der Waals surface area contributed by atoms with E-state index >= 15 is 0 Å². The van der Waals surface area contributed by atoms with Crippen molar-refractivity contribution in [1.29, 1.82) is 0 Å². The summed E-state index contributed by atoms with van der Waals surface area (Å²) in [7, 11) is 1.61. The van der Waals surface area contributed by atoms with Gasteiger partial charge in [0.15, 0.2) is 11.5 Å². The molecule has 0 bridgehead atoms. The Labute approximate surface area is 139 Å². The Balaban J connectivity index is 2.77. The first-order chi connectivity index (χ1) is 10.8. The first kappa shape index (κ1) is 19.1. The Morgan fingerprint density at radius 2 is 2.00 bits per heavy atom. The van der Waals surface area contributed by atoms with Crippen LogP contribution in [0.1, 0.15) is 46.6 Å². The van der Waals surface area contributed by atoms with Crippen LogP contribution in [0.25, 0.3) is 6.08 Å². The molecule has 0 unspecified atom stereocenters. The number of benzene rings is 1. The molecule has 1 aromatic rings. The minimum Gasteiger partial charge on any atom is -0.493 e. The molecule has 4 heteroatoms. The molecule has 0 radical (unpaired) electrons. The van der Waals surface area contributed by atoms with Gasteiger partial charge in [0.1, 0.15) is 0 Å². The van der Waals surface area contributed by atoms with Gasteiger partial charge in [-0.05, 0) is 50.0 Å². The first-order valence-electron chi connectivity index (χ1n) is 8.08. The van der Waals surface area contributed by atoms with Crippen LogP contribution in [0.5, 0.6) is 11.5 Å². The maximum Gasteiger partial charge on any atom is 0.244 e. The highest BCUT2D eigenvalue weighted by Crippen LogP contribution is 2.29. The van der Waals surface area contributed by atoms with E-state index in [0.29, 0.717) is 18.3 Å². The van der Waals surface area contributed by atoms with Crippen molar-refractivity contribution in [1.82, 2.24) is 5.32 Å². The Kier molecular flexibility index (Phi) is 7.14. The number of carbonyl (C=O) groups excluding carboxylic acids is 1. The fourth-order valence-corrected chi connectivity index (χ4v) is 1.80. The van der Waals surface area contributed by atoms with E-state index in [2.05, 4.69) is 19.2 Å². The van der Waals surface area contributed by atoms with Crippen molar-refractivity contribution in [2.45, 2.75) is 46.6 Å². The van der Waals surface area contributed by atoms with Crippen molar-refractivity contribution in [3.05, 3.63) is 29.8 Å². The van der Waals surface area contributed by atoms with Crippen molar-refractivity contribution in [3.63, 3.8) is 0 Å². The van der Waals surface area contributed by atoms with Crippen molar-refractivity contribution in [2.75, 3.05) is 13.7 Å². The monoisotopic (exact) mass is 319 g/mol. The van der Waals surface area contributed by atoms with E-state index in [1.165, 1.54) is 0 Å². The van der Waals surface area contributed by atoms with Crippen LogP contribution >= 0.6 is 0 Å². The van der Waals surface area contributed by atoms with E-state index in [1.54, 1.807) is 19.3 Å². The maximum atomic E-state index is 11.9. The van der Waals surface area contributed by atoms with Gasteiger partial charge >= 0.3 is 0 Å². The second-order valence-electron chi connectivity index (χ2n) is 6.68. The summed E-state index contributed by atoms with van der Waals surface area (Å²) in [5.74, 6) is 1.73. The number of amides is 1. The van der Waals surface area contributed by atoms with Gasteiger partial charge in [0, 0.05) is 11.6 Å². The van der Waals surface area contributed by atoms with Gasteiger partial charge in [-0.3, -0.25) is 4.79 Å². The standard InChI is InChI=1S/C19H29NO3/c1-7-19(4,5)20-18(21)11-9-15-8-10-16(17(12-15)22-6)23-13-14(2)3/h8-12,14H,7,13H2,1-6H3,(H,20,21)/b11-9+. The summed E-state index contributed by atoms with van der Waals surface area (Å²) in [5, 5.41) is 2.97. The van der Waals surface area contributed by atoms with Gasteiger partial charge in [-0.15, -0.1) is 0 Å². The zero-order chi connectivity index (χ0) is 17.5. The number of ether oxygens (including phenoxy) is 2. The third-order valence-electron chi connectivity index (χ3n) is 3.53. The molecule has 1 aromatic carbocycles. The average molecular weight is 319 g/mol. The quantitative estimate of drug-likeness (QED) is 0.735. The molecule has 1 N–H and O–H groups in total. The molecule has 23 heavy (non-hydrogen) atoms. The first-order valence-corrected chi connectivity index (χ1v) is 8.08. The lowest BCUT2D eigenvalue weighted by Crippen LogP contribution is -2.41. The normalized spacial score (nSPS) is 11.8. The lowest BCUT2D eigenvalue weighted by Gasteiger charge is -2.23. The van der Waals surface area contributed by atoms with Gasteiger partial charge in [0.2, 0.25) is 5.91 Å². The van der Waals surface area contributed by atoms with E-state index < -0.39 is 0 Å². The number of nitrogens with one attached hydrogen (secondary N) is 1. The molecule has 0 atom stereocenters. The van der Waals surface area contributed by atoms with E-state index in [-0.39, 0.29) is 11.4 Å². The fraction of sp³-hybridized carbons (Fsp3) is 0.526. The zero-order valence-electron chi connectivity index (χ0n) is 15.1. The summed E-state index contributed by atoms with van der Waals surface area (Å²) in [6.07, 6.45) is 4.19. The topological polar surface area (TPSA) is 47.6 Å².